The molecule has 2 atom stereocenters. The summed E-state index contributed by atoms with van der Waals surface area (Å²) in [5.74, 6) is -0.589. The van der Waals surface area contributed by atoms with Crippen molar-refractivity contribution in [1.82, 2.24) is 0 Å². The summed E-state index contributed by atoms with van der Waals surface area (Å²) < 4.78 is 16.1. The molecular weight excluding hydrogens is 360 g/mol. The number of aromatic hydroxyl groups is 1. The van der Waals surface area contributed by atoms with Gasteiger partial charge < -0.3 is 19.3 Å². The van der Waals surface area contributed by atoms with E-state index in [1.807, 2.05) is 13.8 Å². The molecular formula is C22H24O6. The Labute approximate surface area is 164 Å². The third-order valence-electron chi connectivity index (χ3n) is 4.73. The number of methoxy groups -OCH3 is 1. The van der Waals surface area contributed by atoms with Crippen LogP contribution in [0.3, 0.4) is 0 Å². The van der Waals surface area contributed by atoms with Crippen molar-refractivity contribution in [2.24, 2.45) is 11.8 Å². The van der Waals surface area contributed by atoms with Crippen molar-refractivity contribution in [3.05, 3.63) is 53.6 Å². The van der Waals surface area contributed by atoms with Gasteiger partial charge in [0.05, 0.1) is 38.3 Å². The quantitative estimate of drug-likeness (QED) is 0.736. The van der Waals surface area contributed by atoms with Crippen LogP contribution >= 0.6 is 0 Å². The van der Waals surface area contributed by atoms with Crippen molar-refractivity contribution in [3.63, 3.8) is 0 Å². The number of ketones is 2. The minimum Gasteiger partial charge on any atom is -0.504 e. The second-order valence-corrected chi connectivity index (χ2v) is 7.06. The topological polar surface area (TPSA) is 82.1 Å². The molecule has 1 fully saturated rings. The van der Waals surface area contributed by atoms with Crippen LogP contribution in [0.5, 0.6) is 17.2 Å². The van der Waals surface area contributed by atoms with Gasteiger partial charge in [0.25, 0.3) is 0 Å². The highest BCUT2D eigenvalue weighted by Crippen LogP contribution is 2.32. The molecule has 0 amide bonds. The van der Waals surface area contributed by atoms with Gasteiger partial charge in [0, 0.05) is 11.1 Å². The van der Waals surface area contributed by atoms with E-state index in [0.29, 0.717) is 16.9 Å². The molecule has 1 aliphatic rings. The summed E-state index contributed by atoms with van der Waals surface area (Å²) in [6, 6.07) is 11.3. The van der Waals surface area contributed by atoms with E-state index in [1.165, 1.54) is 25.3 Å². The first-order valence-corrected chi connectivity index (χ1v) is 9.20. The number of hydrogen-bond acceptors (Lipinski definition) is 6. The number of ether oxygens (including phenoxy) is 3. The number of hydrogen-bond donors (Lipinski definition) is 1. The highest BCUT2D eigenvalue weighted by Gasteiger charge is 2.39. The van der Waals surface area contributed by atoms with E-state index in [2.05, 4.69) is 0 Å². The number of carbonyl (C=O) groups is 2. The maximum Gasteiger partial charge on any atom is 0.169 e. The van der Waals surface area contributed by atoms with E-state index in [1.54, 1.807) is 24.3 Å². The van der Waals surface area contributed by atoms with Crippen LogP contribution in [0.25, 0.3) is 0 Å². The highest BCUT2D eigenvalue weighted by molar-refractivity contribution is 6.05. The zero-order valence-electron chi connectivity index (χ0n) is 16.2. The van der Waals surface area contributed by atoms with Crippen molar-refractivity contribution >= 4 is 11.6 Å². The first kappa shape index (κ1) is 19.9. The van der Waals surface area contributed by atoms with Crippen molar-refractivity contribution in [2.45, 2.75) is 20.0 Å². The first-order chi connectivity index (χ1) is 13.4. The largest absolute Gasteiger partial charge is 0.504 e. The van der Waals surface area contributed by atoms with Crippen LogP contribution in [0.1, 0.15) is 34.6 Å². The number of carbonyl (C=O) groups excluding carboxylic acids is 2. The van der Waals surface area contributed by atoms with Gasteiger partial charge in [-0.3, -0.25) is 9.59 Å². The fourth-order valence-electron chi connectivity index (χ4n) is 3.30. The Hall–Kier alpha value is -2.86. The molecule has 0 saturated carbocycles. The molecule has 6 heteroatoms. The fraction of sp³-hybridized carbons (Fsp3) is 0.364. The van der Waals surface area contributed by atoms with E-state index >= 15 is 0 Å². The standard InChI is InChI=1S/C22H24O6/c1-13(2)28-16-7-4-14(5-8-16)21(24)17-11-27-12-18(17)22(25)15-6-9-19(23)20(10-15)26-3/h4-10,13,17-18,23H,11-12H2,1-3H3/t17-,18-/m0/s1. The van der Waals surface area contributed by atoms with Crippen LogP contribution in [0.15, 0.2) is 42.5 Å². The molecule has 0 bridgehead atoms. The van der Waals surface area contributed by atoms with Gasteiger partial charge in [-0.15, -0.1) is 0 Å². The van der Waals surface area contributed by atoms with Crippen molar-refractivity contribution in [3.8, 4) is 17.2 Å². The first-order valence-electron chi connectivity index (χ1n) is 9.20. The number of rotatable bonds is 7. The van der Waals surface area contributed by atoms with Crippen molar-refractivity contribution in [1.29, 1.82) is 0 Å². The summed E-state index contributed by atoms with van der Waals surface area (Å²) >= 11 is 0. The van der Waals surface area contributed by atoms with E-state index in [0.717, 1.165) is 0 Å². The van der Waals surface area contributed by atoms with E-state index < -0.39 is 11.8 Å². The average molecular weight is 384 g/mol. The van der Waals surface area contributed by atoms with Gasteiger partial charge in [0.15, 0.2) is 23.1 Å². The molecule has 28 heavy (non-hydrogen) atoms. The Bertz CT molecular complexity index is 856. The molecule has 1 aliphatic heterocycles. The molecule has 148 valence electrons. The lowest BCUT2D eigenvalue weighted by Gasteiger charge is -2.17. The van der Waals surface area contributed by atoms with Crippen LogP contribution < -0.4 is 9.47 Å². The predicted octanol–water partition coefficient (Wildman–Crippen LogP) is 3.52. The van der Waals surface area contributed by atoms with E-state index in [-0.39, 0.29) is 42.4 Å². The minimum atomic E-state index is -0.576. The van der Waals surface area contributed by atoms with E-state index in [9.17, 15) is 14.7 Å². The number of benzene rings is 2. The smallest absolute Gasteiger partial charge is 0.169 e. The Morgan fingerprint density at radius 3 is 2.14 bits per heavy atom. The highest BCUT2D eigenvalue weighted by atomic mass is 16.5. The van der Waals surface area contributed by atoms with Gasteiger partial charge in [-0.1, -0.05) is 0 Å². The molecule has 2 aromatic rings. The Morgan fingerprint density at radius 1 is 1.00 bits per heavy atom. The van der Waals surface area contributed by atoms with Gasteiger partial charge in [-0.05, 0) is 56.3 Å². The van der Waals surface area contributed by atoms with Gasteiger partial charge in [-0.25, -0.2) is 0 Å². The lowest BCUT2D eigenvalue weighted by molar-refractivity contribution is 0.0809. The van der Waals surface area contributed by atoms with Crippen LogP contribution in [0, 0.1) is 11.8 Å². The fourth-order valence-corrected chi connectivity index (χ4v) is 3.30. The third-order valence-corrected chi connectivity index (χ3v) is 4.73. The lowest BCUT2D eigenvalue weighted by atomic mass is 9.83. The van der Waals surface area contributed by atoms with Gasteiger partial charge >= 0.3 is 0 Å². The van der Waals surface area contributed by atoms with Crippen molar-refractivity contribution < 1.29 is 28.9 Å². The van der Waals surface area contributed by atoms with E-state index in [4.69, 9.17) is 14.2 Å². The Morgan fingerprint density at radius 2 is 1.57 bits per heavy atom. The predicted molar refractivity (Wildman–Crippen MR) is 103 cm³/mol. The summed E-state index contributed by atoms with van der Waals surface area (Å²) in [7, 11) is 1.42. The molecule has 2 aromatic carbocycles. The molecule has 0 unspecified atom stereocenters. The van der Waals surface area contributed by atoms with Gasteiger partial charge in [0.2, 0.25) is 0 Å². The minimum absolute atomic E-state index is 0.0435. The number of phenols is 1. The average Bonchev–Trinajstić information content (AvgIpc) is 3.17. The number of phenolic OH excluding ortho intramolecular Hbond substituents is 1. The summed E-state index contributed by atoms with van der Waals surface area (Å²) in [5, 5.41) is 9.72. The second-order valence-electron chi connectivity index (χ2n) is 7.06. The lowest BCUT2D eigenvalue weighted by Crippen LogP contribution is -2.29. The zero-order chi connectivity index (χ0) is 20.3. The SMILES string of the molecule is COc1cc(C(=O)[C@H]2COC[C@@H]2C(=O)c2ccc(OC(C)C)cc2)ccc1O. The molecule has 0 aromatic heterocycles. The zero-order valence-corrected chi connectivity index (χ0v) is 16.2. The molecule has 0 aliphatic carbocycles. The Kier molecular flexibility index (Phi) is 5.99. The van der Waals surface area contributed by atoms with Gasteiger partial charge in [-0.2, -0.15) is 0 Å². The normalized spacial score (nSPS) is 18.9. The molecule has 3 rings (SSSR count). The number of Topliss-reactive ketones (excluding diaryl/α,β-unsaturated/α-hetero) is 2. The third kappa shape index (κ3) is 4.17. The Balaban J connectivity index is 1.78. The molecule has 1 N–H and O–H groups in total. The van der Waals surface area contributed by atoms with Crippen molar-refractivity contribution in [2.75, 3.05) is 20.3 Å². The van der Waals surface area contributed by atoms with Crippen LogP contribution in [-0.4, -0.2) is 43.1 Å². The molecule has 1 saturated heterocycles. The summed E-state index contributed by atoms with van der Waals surface area (Å²) in [5.41, 5.74) is 0.899. The van der Waals surface area contributed by atoms with Gasteiger partial charge in [0.1, 0.15) is 5.75 Å². The molecule has 0 radical (unpaired) electrons. The van der Waals surface area contributed by atoms with Crippen LogP contribution in [0.2, 0.25) is 0 Å². The second kappa shape index (κ2) is 8.44. The molecule has 1 heterocycles. The summed E-state index contributed by atoms with van der Waals surface area (Å²) in [4.78, 5) is 25.9. The maximum atomic E-state index is 13.0. The monoisotopic (exact) mass is 384 g/mol. The molecule has 6 nitrogen and oxygen atoms in total. The summed E-state index contributed by atoms with van der Waals surface area (Å²) in [6.45, 7) is 4.26. The maximum absolute atomic E-state index is 13.0. The molecule has 0 spiro atoms. The van der Waals surface area contributed by atoms with Crippen LogP contribution in [0.4, 0.5) is 0 Å². The summed E-state index contributed by atoms with van der Waals surface area (Å²) in [6.07, 6.45) is 0.0501. The van der Waals surface area contributed by atoms with Crippen LogP contribution in [-0.2, 0) is 4.74 Å².